The Bertz CT molecular complexity index is 520. The monoisotopic (exact) mass is 275 g/mol. The molecule has 1 rings (SSSR count). The molecule has 0 saturated carbocycles. The van der Waals surface area contributed by atoms with Crippen molar-refractivity contribution in [1.29, 1.82) is 0 Å². The van der Waals surface area contributed by atoms with Crippen molar-refractivity contribution < 1.29 is 14.7 Å². The molecule has 0 saturated heterocycles. The van der Waals surface area contributed by atoms with Crippen LogP contribution in [0, 0.1) is 0 Å². The van der Waals surface area contributed by atoms with Crippen LogP contribution in [-0.4, -0.2) is 35.9 Å². The zero-order chi connectivity index (χ0) is 15.3. The molecular formula is C16H21NO3. The first-order chi connectivity index (χ1) is 9.32. The van der Waals surface area contributed by atoms with Gasteiger partial charge in [-0.3, -0.25) is 4.79 Å². The van der Waals surface area contributed by atoms with Crippen LogP contribution in [-0.2, 0) is 15.0 Å². The van der Waals surface area contributed by atoms with E-state index in [-0.39, 0.29) is 11.4 Å². The quantitative estimate of drug-likeness (QED) is 0.492. The van der Waals surface area contributed by atoms with Crippen molar-refractivity contribution in [1.82, 2.24) is 4.90 Å². The van der Waals surface area contributed by atoms with Crippen LogP contribution >= 0.6 is 0 Å². The molecule has 4 heteroatoms. The van der Waals surface area contributed by atoms with Crippen molar-refractivity contribution in [3.05, 3.63) is 47.7 Å². The number of carboxylic acids is 1. The lowest BCUT2D eigenvalue weighted by Gasteiger charge is -2.27. The molecule has 1 aromatic rings. The summed E-state index contributed by atoms with van der Waals surface area (Å²) in [6, 6.07) is 9.30. The number of ketones is 1. The third kappa shape index (κ3) is 3.26. The fourth-order valence-electron chi connectivity index (χ4n) is 2.07. The highest BCUT2D eigenvalue weighted by Crippen LogP contribution is 2.31. The van der Waals surface area contributed by atoms with E-state index < -0.39 is 11.4 Å². The maximum atomic E-state index is 12.7. The molecular weight excluding hydrogens is 254 g/mol. The number of carbonyl (C=O) groups excluding carboxylic acids is 1. The first kappa shape index (κ1) is 16.0. The second-order valence-corrected chi connectivity index (χ2v) is 5.19. The van der Waals surface area contributed by atoms with E-state index in [1.165, 1.54) is 6.20 Å². The lowest BCUT2D eigenvalue weighted by Crippen LogP contribution is -2.36. The molecule has 0 radical (unpaired) electrons. The highest BCUT2D eigenvalue weighted by atomic mass is 16.4. The highest BCUT2D eigenvalue weighted by Gasteiger charge is 2.37. The molecule has 0 aliphatic carbocycles. The Balaban J connectivity index is 3.30. The van der Waals surface area contributed by atoms with E-state index in [1.807, 2.05) is 37.3 Å². The summed E-state index contributed by atoms with van der Waals surface area (Å²) in [5.41, 5.74) is -0.191. The summed E-state index contributed by atoms with van der Waals surface area (Å²) in [4.78, 5) is 25.6. The summed E-state index contributed by atoms with van der Waals surface area (Å²) in [5, 5.41) is 9.28. The number of hydrogen-bond acceptors (Lipinski definition) is 3. The van der Waals surface area contributed by atoms with E-state index in [0.29, 0.717) is 6.42 Å². The van der Waals surface area contributed by atoms with Crippen LogP contribution < -0.4 is 0 Å². The predicted molar refractivity (Wildman–Crippen MR) is 78.5 cm³/mol. The smallest absolute Gasteiger partial charge is 0.340 e. The molecule has 0 spiro atoms. The number of benzene rings is 1. The molecule has 4 nitrogen and oxygen atoms in total. The molecule has 20 heavy (non-hydrogen) atoms. The van der Waals surface area contributed by atoms with Crippen molar-refractivity contribution in [2.24, 2.45) is 0 Å². The SMILES string of the molecule is CCC(C)(C(=O)C(=CN(C)C)C(=O)O)c1ccccc1. The summed E-state index contributed by atoms with van der Waals surface area (Å²) in [6.07, 6.45) is 1.90. The molecule has 0 aliphatic rings. The van der Waals surface area contributed by atoms with E-state index >= 15 is 0 Å². The third-order valence-corrected chi connectivity index (χ3v) is 3.48. The summed E-state index contributed by atoms with van der Waals surface area (Å²) in [5.74, 6) is -1.56. The van der Waals surface area contributed by atoms with Gasteiger partial charge in [0.05, 0.1) is 5.41 Å². The average molecular weight is 275 g/mol. The molecule has 0 aliphatic heterocycles. The minimum atomic E-state index is -1.20. The van der Waals surface area contributed by atoms with Crippen molar-refractivity contribution in [2.75, 3.05) is 14.1 Å². The molecule has 0 amide bonds. The van der Waals surface area contributed by atoms with Gasteiger partial charge in [-0.05, 0) is 18.9 Å². The maximum Gasteiger partial charge on any atom is 0.340 e. The van der Waals surface area contributed by atoms with E-state index in [2.05, 4.69) is 0 Å². The first-order valence-corrected chi connectivity index (χ1v) is 6.54. The van der Waals surface area contributed by atoms with Crippen molar-refractivity contribution >= 4 is 11.8 Å². The van der Waals surface area contributed by atoms with Gasteiger partial charge in [0.2, 0.25) is 0 Å². The molecule has 1 atom stereocenters. The lowest BCUT2D eigenvalue weighted by molar-refractivity contribution is -0.135. The van der Waals surface area contributed by atoms with Gasteiger partial charge in [-0.1, -0.05) is 37.3 Å². The number of aliphatic carboxylic acids is 1. The topological polar surface area (TPSA) is 57.6 Å². The molecule has 0 heterocycles. The number of nitrogens with zero attached hydrogens (tertiary/aromatic N) is 1. The number of rotatable bonds is 6. The summed E-state index contributed by atoms with van der Waals surface area (Å²) >= 11 is 0. The predicted octanol–water partition coefficient (Wildman–Crippen LogP) is 2.45. The third-order valence-electron chi connectivity index (χ3n) is 3.48. The Morgan fingerprint density at radius 3 is 2.20 bits per heavy atom. The molecule has 1 aromatic carbocycles. The van der Waals surface area contributed by atoms with Crippen LogP contribution in [0.15, 0.2) is 42.1 Å². The molecule has 0 fully saturated rings. The number of hydrogen-bond donors (Lipinski definition) is 1. The zero-order valence-electron chi connectivity index (χ0n) is 12.4. The van der Waals surface area contributed by atoms with E-state index in [4.69, 9.17) is 0 Å². The van der Waals surface area contributed by atoms with E-state index in [0.717, 1.165) is 5.56 Å². The van der Waals surface area contributed by atoms with Crippen LogP contribution in [0.5, 0.6) is 0 Å². The van der Waals surface area contributed by atoms with Crippen molar-refractivity contribution in [2.45, 2.75) is 25.7 Å². The van der Waals surface area contributed by atoms with Crippen molar-refractivity contribution in [3.63, 3.8) is 0 Å². The zero-order valence-corrected chi connectivity index (χ0v) is 12.4. The van der Waals surface area contributed by atoms with Crippen LogP contribution in [0.3, 0.4) is 0 Å². The maximum absolute atomic E-state index is 12.7. The van der Waals surface area contributed by atoms with Gasteiger partial charge in [0.15, 0.2) is 5.78 Å². The lowest BCUT2D eigenvalue weighted by atomic mass is 9.74. The van der Waals surface area contributed by atoms with Gasteiger partial charge in [-0.2, -0.15) is 0 Å². The van der Waals surface area contributed by atoms with Crippen LogP contribution in [0.2, 0.25) is 0 Å². The minimum Gasteiger partial charge on any atom is -0.478 e. The van der Waals surface area contributed by atoms with Crippen LogP contribution in [0.25, 0.3) is 0 Å². The summed E-state index contributed by atoms with van der Waals surface area (Å²) in [7, 11) is 3.39. The fraction of sp³-hybridized carbons (Fsp3) is 0.375. The molecule has 1 N–H and O–H groups in total. The number of carbonyl (C=O) groups is 2. The minimum absolute atomic E-state index is 0.191. The second kappa shape index (κ2) is 6.37. The standard InChI is InChI=1S/C16H21NO3/c1-5-16(2,12-9-7-6-8-10-12)14(18)13(15(19)20)11-17(3)4/h6-11H,5H2,1-4H3,(H,19,20). The van der Waals surface area contributed by atoms with Gasteiger partial charge in [0.1, 0.15) is 5.57 Å². The first-order valence-electron chi connectivity index (χ1n) is 6.54. The largest absolute Gasteiger partial charge is 0.478 e. The average Bonchev–Trinajstić information content (AvgIpc) is 2.43. The van der Waals surface area contributed by atoms with Gasteiger partial charge < -0.3 is 10.0 Å². The Kier molecular flexibility index (Phi) is 5.08. The van der Waals surface area contributed by atoms with Crippen molar-refractivity contribution in [3.8, 4) is 0 Å². The van der Waals surface area contributed by atoms with Gasteiger partial charge in [0.25, 0.3) is 0 Å². The number of Topliss-reactive ketones (excluding diaryl/α,β-unsaturated/α-hetero) is 1. The molecule has 1 unspecified atom stereocenters. The number of carboxylic acid groups (broad SMARTS) is 1. The van der Waals surface area contributed by atoms with E-state index in [1.54, 1.807) is 25.9 Å². The Hall–Kier alpha value is -2.10. The summed E-state index contributed by atoms with van der Waals surface area (Å²) in [6.45, 7) is 3.68. The van der Waals surface area contributed by atoms with Gasteiger partial charge in [-0.25, -0.2) is 4.79 Å². The molecule has 0 bridgehead atoms. The van der Waals surface area contributed by atoms with Gasteiger partial charge in [-0.15, -0.1) is 0 Å². The van der Waals surface area contributed by atoms with Crippen LogP contribution in [0.4, 0.5) is 0 Å². The second-order valence-electron chi connectivity index (χ2n) is 5.19. The van der Waals surface area contributed by atoms with Crippen LogP contribution in [0.1, 0.15) is 25.8 Å². The fourth-order valence-corrected chi connectivity index (χ4v) is 2.07. The Morgan fingerprint density at radius 2 is 1.80 bits per heavy atom. The van der Waals surface area contributed by atoms with Gasteiger partial charge in [0, 0.05) is 20.3 Å². The van der Waals surface area contributed by atoms with Gasteiger partial charge >= 0.3 is 5.97 Å². The molecule has 108 valence electrons. The normalized spacial score (nSPS) is 14.5. The van der Waals surface area contributed by atoms with E-state index in [9.17, 15) is 14.7 Å². The Labute approximate surface area is 119 Å². The molecule has 0 aromatic heterocycles. The Morgan fingerprint density at radius 1 is 1.25 bits per heavy atom. The highest BCUT2D eigenvalue weighted by molar-refractivity contribution is 6.20. The summed E-state index contributed by atoms with van der Waals surface area (Å²) < 4.78 is 0.